The fraction of sp³-hybridized carbons (Fsp3) is 0.125. The van der Waals surface area contributed by atoms with E-state index in [4.69, 9.17) is 4.52 Å². The molecule has 2 N–H and O–H groups in total. The van der Waals surface area contributed by atoms with E-state index in [-0.39, 0.29) is 12.3 Å². The summed E-state index contributed by atoms with van der Waals surface area (Å²) in [6.07, 6.45) is 3.29. The number of amides is 1. The monoisotopic (exact) mass is 192 g/mol. The molecule has 2 aromatic rings. The van der Waals surface area contributed by atoms with Crippen LogP contribution in [-0.2, 0) is 11.2 Å². The van der Waals surface area contributed by atoms with Gasteiger partial charge >= 0.3 is 0 Å². The number of carbonyl (C=O) groups is 1. The molecule has 6 nitrogen and oxygen atoms in total. The standard InChI is InChI=1S/C8H8N4O2/c13-8(5-6-1-4-10-14-6)11-7-2-3-9-12-7/h1-4H,5H2,(H2,9,11,12,13). The minimum atomic E-state index is -0.186. The van der Waals surface area contributed by atoms with Crippen LogP contribution in [-0.4, -0.2) is 21.3 Å². The molecule has 0 unspecified atom stereocenters. The van der Waals surface area contributed by atoms with Gasteiger partial charge in [-0.1, -0.05) is 5.16 Å². The van der Waals surface area contributed by atoms with Gasteiger partial charge in [-0.15, -0.1) is 0 Å². The molecule has 2 heterocycles. The van der Waals surface area contributed by atoms with Crippen LogP contribution in [0.4, 0.5) is 5.82 Å². The number of rotatable bonds is 3. The van der Waals surface area contributed by atoms with Gasteiger partial charge in [0.15, 0.2) is 5.82 Å². The summed E-state index contributed by atoms with van der Waals surface area (Å²) in [6.45, 7) is 0. The first-order valence-corrected chi connectivity index (χ1v) is 4.04. The fourth-order valence-corrected chi connectivity index (χ4v) is 1.01. The molecule has 0 radical (unpaired) electrons. The van der Waals surface area contributed by atoms with Gasteiger partial charge in [-0.2, -0.15) is 5.10 Å². The van der Waals surface area contributed by atoms with Crippen LogP contribution >= 0.6 is 0 Å². The van der Waals surface area contributed by atoms with Crippen LogP contribution in [0.15, 0.2) is 29.0 Å². The number of hydrogen-bond acceptors (Lipinski definition) is 4. The second kappa shape index (κ2) is 3.73. The lowest BCUT2D eigenvalue weighted by Gasteiger charge is -1.97. The first kappa shape index (κ1) is 8.49. The molecule has 14 heavy (non-hydrogen) atoms. The Morgan fingerprint density at radius 1 is 1.57 bits per heavy atom. The molecule has 0 aliphatic rings. The van der Waals surface area contributed by atoms with Gasteiger partial charge in [-0.3, -0.25) is 9.89 Å². The summed E-state index contributed by atoms with van der Waals surface area (Å²) < 4.78 is 4.78. The molecule has 1 amide bonds. The van der Waals surface area contributed by atoms with Gasteiger partial charge in [0.2, 0.25) is 5.91 Å². The first-order valence-electron chi connectivity index (χ1n) is 4.04. The summed E-state index contributed by atoms with van der Waals surface area (Å²) in [6, 6.07) is 3.31. The lowest BCUT2D eigenvalue weighted by atomic mass is 10.3. The maximum atomic E-state index is 11.3. The normalized spacial score (nSPS) is 10.0. The largest absolute Gasteiger partial charge is 0.361 e. The van der Waals surface area contributed by atoms with Gasteiger partial charge in [0.25, 0.3) is 0 Å². The third kappa shape index (κ3) is 1.98. The molecule has 0 atom stereocenters. The molecule has 2 aromatic heterocycles. The van der Waals surface area contributed by atoms with Crippen molar-refractivity contribution in [3.05, 3.63) is 30.3 Å². The van der Waals surface area contributed by atoms with Gasteiger partial charge in [0.05, 0.1) is 12.6 Å². The highest BCUT2D eigenvalue weighted by molar-refractivity contribution is 5.90. The molecule has 0 fully saturated rings. The van der Waals surface area contributed by atoms with E-state index in [0.29, 0.717) is 11.6 Å². The summed E-state index contributed by atoms with van der Waals surface area (Å²) in [7, 11) is 0. The van der Waals surface area contributed by atoms with Crippen molar-refractivity contribution in [3.8, 4) is 0 Å². The summed E-state index contributed by atoms with van der Waals surface area (Å²) in [4.78, 5) is 11.3. The maximum absolute atomic E-state index is 11.3. The number of carbonyl (C=O) groups excluding carboxylic acids is 1. The Morgan fingerprint density at radius 3 is 3.14 bits per heavy atom. The molecular weight excluding hydrogens is 184 g/mol. The van der Waals surface area contributed by atoms with E-state index in [1.54, 1.807) is 18.3 Å². The Morgan fingerprint density at radius 2 is 2.50 bits per heavy atom. The van der Waals surface area contributed by atoms with Crippen LogP contribution < -0.4 is 5.32 Å². The zero-order valence-corrected chi connectivity index (χ0v) is 7.23. The number of H-pyrrole nitrogens is 1. The molecule has 6 heteroatoms. The van der Waals surface area contributed by atoms with E-state index in [9.17, 15) is 4.79 Å². The lowest BCUT2D eigenvalue weighted by Crippen LogP contribution is -2.14. The number of hydrogen-bond donors (Lipinski definition) is 2. The van der Waals surface area contributed by atoms with E-state index in [1.807, 2.05) is 0 Å². The Labute approximate surface area is 79.3 Å². The number of nitrogens with zero attached hydrogens (tertiary/aromatic N) is 2. The zero-order chi connectivity index (χ0) is 9.80. The highest BCUT2D eigenvalue weighted by Gasteiger charge is 2.07. The second-order valence-electron chi connectivity index (χ2n) is 2.66. The molecule has 2 rings (SSSR count). The summed E-state index contributed by atoms with van der Waals surface area (Å²) in [5.41, 5.74) is 0. The van der Waals surface area contributed by atoms with Crippen molar-refractivity contribution in [3.63, 3.8) is 0 Å². The Balaban J connectivity index is 1.91. The summed E-state index contributed by atoms with van der Waals surface area (Å²) in [5, 5.41) is 12.5. The Bertz CT molecular complexity index is 355. The van der Waals surface area contributed by atoms with Gasteiger partial charge in [-0.05, 0) is 0 Å². The SMILES string of the molecule is O=C(Cc1ccno1)Nc1cc[nH]n1. The average molecular weight is 192 g/mol. The van der Waals surface area contributed by atoms with E-state index in [0.717, 1.165) is 0 Å². The number of aromatic amines is 1. The third-order valence-electron chi connectivity index (χ3n) is 1.59. The van der Waals surface area contributed by atoms with Crippen LogP contribution in [0.3, 0.4) is 0 Å². The van der Waals surface area contributed by atoms with Crippen LogP contribution in [0.5, 0.6) is 0 Å². The fourth-order valence-electron chi connectivity index (χ4n) is 1.01. The zero-order valence-electron chi connectivity index (χ0n) is 7.23. The molecule has 0 saturated heterocycles. The molecule has 0 aliphatic heterocycles. The van der Waals surface area contributed by atoms with Gasteiger partial charge in [-0.25, -0.2) is 0 Å². The van der Waals surface area contributed by atoms with Crippen LogP contribution in [0.1, 0.15) is 5.76 Å². The van der Waals surface area contributed by atoms with E-state index < -0.39 is 0 Å². The van der Waals surface area contributed by atoms with Crippen molar-refractivity contribution in [2.24, 2.45) is 0 Å². The molecule has 72 valence electrons. The number of nitrogens with one attached hydrogen (secondary N) is 2. The predicted octanol–water partition coefficient (Wildman–Crippen LogP) is 0.579. The highest BCUT2D eigenvalue weighted by Crippen LogP contribution is 2.02. The smallest absolute Gasteiger partial charge is 0.233 e. The van der Waals surface area contributed by atoms with Crippen LogP contribution in [0, 0.1) is 0 Å². The van der Waals surface area contributed by atoms with E-state index >= 15 is 0 Å². The van der Waals surface area contributed by atoms with E-state index in [2.05, 4.69) is 20.7 Å². The lowest BCUT2D eigenvalue weighted by molar-refractivity contribution is -0.115. The number of anilines is 1. The van der Waals surface area contributed by atoms with Gasteiger partial charge in [0.1, 0.15) is 5.76 Å². The van der Waals surface area contributed by atoms with Gasteiger partial charge in [0, 0.05) is 18.3 Å². The number of aromatic nitrogens is 3. The average Bonchev–Trinajstić information content (AvgIpc) is 2.76. The molecular formula is C8H8N4O2. The van der Waals surface area contributed by atoms with E-state index in [1.165, 1.54) is 6.20 Å². The minimum Gasteiger partial charge on any atom is -0.361 e. The van der Waals surface area contributed by atoms with Crippen LogP contribution in [0.25, 0.3) is 0 Å². The van der Waals surface area contributed by atoms with Crippen molar-refractivity contribution < 1.29 is 9.32 Å². The Hall–Kier alpha value is -2.11. The Kier molecular flexibility index (Phi) is 2.26. The van der Waals surface area contributed by atoms with Crippen molar-refractivity contribution in [2.45, 2.75) is 6.42 Å². The molecule has 0 bridgehead atoms. The van der Waals surface area contributed by atoms with Crippen molar-refractivity contribution in [2.75, 3.05) is 5.32 Å². The molecule has 0 saturated carbocycles. The predicted molar refractivity (Wildman–Crippen MR) is 47.4 cm³/mol. The third-order valence-corrected chi connectivity index (χ3v) is 1.59. The summed E-state index contributed by atoms with van der Waals surface area (Å²) >= 11 is 0. The van der Waals surface area contributed by atoms with Gasteiger partial charge < -0.3 is 9.84 Å². The maximum Gasteiger partial charge on any atom is 0.233 e. The summed E-state index contributed by atoms with van der Waals surface area (Å²) in [5.74, 6) is 0.835. The first-order chi connectivity index (χ1) is 6.84. The topological polar surface area (TPSA) is 83.8 Å². The van der Waals surface area contributed by atoms with Crippen molar-refractivity contribution in [1.29, 1.82) is 0 Å². The van der Waals surface area contributed by atoms with Crippen molar-refractivity contribution >= 4 is 11.7 Å². The van der Waals surface area contributed by atoms with Crippen molar-refractivity contribution in [1.82, 2.24) is 15.4 Å². The second-order valence-corrected chi connectivity index (χ2v) is 2.66. The highest BCUT2D eigenvalue weighted by atomic mass is 16.5. The molecule has 0 aromatic carbocycles. The van der Waals surface area contributed by atoms with Crippen LogP contribution in [0.2, 0.25) is 0 Å². The molecule has 0 aliphatic carbocycles. The minimum absolute atomic E-state index is 0.160. The molecule has 0 spiro atoms. The quantitative estimate of drug-likeness (QED) is 0.744.